The van der Waals surface area contributed by atoms with Gasteiger partial charge in [-0.25, -0.2) is 0 Å². The van der Waals surface area contributed by atoms with Gasteiger partial charge in [-0.3, -0.25) is 9.59 Å². The van der Waals surface area contributed by atoms with Crippen molar-refractivity contribution in [1.29, 1.82) is 0 Å². The highest BCUT2D eigenvalue weighted by Gasteiger charge is 2.44. The molecular formula is C52H100O10. The Morgan fingerprint density at radius 3 is 1.10 bits per heavy atom. The van der Waals surface area contributed by atoms with Crippen LogP contribution in [0.25, 0.3) is 0 Å². The zero-order valence-electron chi connectivity index (χ0n) is 40.4. The van der Waals surface area contributed by atoms with Gasteiger partial charge in [0.15, 0.2) is 12.4 Å². The Hall–Kier alpha value is -1.30. The lowest BCUT2D eigenvalue weighted by Gasteiger charge is -2.39. The van der Waals surface area contributed by atoms with Crippen LogP contribution in [-0.2, 0) is 28.5 Å². The minimum absolute atomic E-state index is 0.208. The summed E-state index contributed by atoms with van der Waals surface area (Å²) < 4.78 is 22.3. The molecule has 0 aromatic rings. The first-order valence-electron chi connectivity index (χ1n) is 26.6. The summed E-state index contributed by atoms with van der Waals surface area (Å²) in [6.07, 6.45) is 39.8. The molecule has 6 unspecified atom stereocenters. The predicted octanol–water partition coefficient (Wildman–Crippen LogP) is 12.5. The molecule has 10 heteroatoms. The van der Waals surface area contributed by atoms with Crippen molar-refractivity contribution in [2.24, 2.45) is 0 Å². The molecule has 4 N–H and O–H groups in total. The largest absolute Gasteiger partial charge is 0.462 e. The molecular weight excluding hydrogens is 785 g/mol. The summed E-state index contributed by atoms with van der Waals surface area (Å²) in [5.74, 6) is -0.786. The number of rotatable bonds is 46. The number of esters is 2. The van der Waals surface area contributed by atoms with Crippen molar-refractivity contribution < 1.29 is 49.0 Å². The van der Waals surface area contributed by atoms with Crippen LogP contribution in [0.3, 0.4) is 0 Å². The van der Waals surface area contributed by atoms with E-state index in [4.69, 9.17) is 18.9 Å². The Morgan fingerprint density at radius 2 is 0.758 bits per heavy atom. The molecule has 1 aliphatic rings. The molecule has 1 saturated heterocycles. The van der Waals surface area contributed by atoms with Gasteiger partial charge >= 0.3 is 11.9 Å². The minimum Gasteiger partial charge on any atom is -0.462 e. The van der Waals surface area contributed by atoms with Crippen LogP contribution in [0.2, 0.25) is 0 Å². The molecule has 10 nitrogen and oxygen atoms in total. The van der Waals surface area contributed by atoms with E-state index in [-0.39, 0.29) is 32.0 Å². The monoisotopic (exact) mass is 885 g/mol. The fourth-order valence-electron chi connectivity index (χ4n) is 8.55. The summed E-state index contributed by atoms with van der Waals surface area (Å²) >= 11 is 0. The zero-order valence-corrected chi connectivity index (χ0v) is 40.4. The van der Waals surface area contributed by atoms with Gasteiger partial charge < -0.3 is 39.4 Å². The molecule has 0 aliphatic carbocycles. The third kappa shape index (κ3) is 34.1. The van der Waals surface area contributed by atoms with Crippen molar-refractivity contribution in [3.63, 3.8) is 0 Å². The molecule has 0 bridgehead atoms. The Balaban J connectivity index is 2.19. The molecule has 0 radical (unpaired) electrons. The number of carbonyl (C=O) groups excluding carboxylic acids is 2. The lowest BCUT2D eigenvalue weighted by Crippen LogP contribution is -2.59. The predicted molar refractivity (Wildman–Crippen MR) is 252 cm³/mol. The topological polar surface area (TPSA) is 152 Å². The zero-order chi connectivity index (χ0) is 45.1. The van der Waals surface area contributed by atoms with Gasteiger partial charge in [0, 0.05) is 12.8 Å². The van der Waals surface area contributed by atoms with Gasteiger partial charge in [0.1, 0.15) is 31.0 Å². The second-order valence-electron chi connectivity index (χ2n) is 18.7. The number of hydrogen-bond acceptors (Lipinski definition) is 10. The van der Waals surface area contributed by atoms with E-state index in [0.29, 0.717) is 6.42 Å². The van der Waals surface area contributed by atoms with E-state index in [0.717, 1.165) is 32.1 Å². The molecule has 1 rings (SSSR count). The van der Waals surface area contributed by atoms with E-state index >= 15 is 0 Å². The first-order valence-corrected chi connectivity index (χ1v) is 26.6. The summed E-state index contributed by atoms with van der Waals surface area (Å²) in [5, 5.41) is 40.2. The Labute approximate surface area is 380 Å². The van der Waals surface area contributed by atoms with Crippen molar-refractivity contribution >= 4 is 11.9 Å². The van der Waals surface area contributed by atoms with Crippen LogP contribution in [0, 0.1) is 0 Å². The summed E-state index contributed by atoms with van der Waals surface area (Å²) in [6.45, 7) is 3.48. The van der Waals surface area contributed by atoms with Gasteiger partial charge in [0.25, 0.3) is 0 Å². The van der Waals surface area contributed by atoms with E-state index in [1.807, 2.05) is 0 Å². The number of aliphatic hydroxyl groups is 4. The summed E-state index contributed by atoms with van der Waals surface area (Å²) in [4.78, 5) is 25.4. The van der Waals surface area contributed by atoms with E-state index in [9.17, 15) is 30.0 Å². The molecule has 0 aromatic carbocycles. The van der Waals surface area contributed by atoms with Crippen LogP contribution in [0.15, 0.2) is 0 Å². The molecule has 0 saturated carbocycles. The highest BCUT2D eigenvalue weighted by atomic mass is 16.7. The Bertz CT molecular complexity index is 979. The van der Waals surface area contributed by atoms with Crippen LogP contribution in [0.1, 0.15) is 264 Å². The average Bonchev–Trinajstić information content (AvgIpc) is 3.27. The van der Waals surface area contributed by atoms with E-state index < -0.39 is 49.4 Å². The minimum atomic E-state index is -1.59. The lowest BCUT2D eigenvalue weighted by molar-refractivity contribution is -0.305. The normalized spacial score (nSPS) is 19.5. The quantitative estimate of drug-likeness (QED) is 0.0343. The molecule has 6 atom stereocenters. The van der Waals surface area contributed by atoms with Crippen molar-refractivity contribution in [2.45, 2.75) is 301 Å². The van der Waals surface area contributed by atoms with Gasteiger partial charge in [-0.05, 0) is 12.8 Å². The van der Waals surface area contributed by atoms with Gasteiger partial charge in [0.2, 0.25) is 0 Å². The van der Waals surface area contributed by atoms with Crippen molar-refractivity contribution in [1.82, 2.24) is 0 Å². The average molecular weight is 885 g/mol. The van der Waals surface area contributed by atoms with Crippen LogP contribution < -0.4 is 0 Å². The van der Waals surface area contributed by atoms with Crippen molar-refractivity contribution in [2.75, 3.05) is 19.8 Å². The van der Waals surface area contributed by atoms with Gasteiger partial charge in [-0.1, -0.05) is 239 Å². The summed E-state index contributed by atoms with van der Waals surface area (Å²) in [5.41, 5.74) is 0. The molecule has 1 heterocycles. The molecule has 0 spiro atoms. The number of hydrogen-bond donors (Lipinski definition) is 4. The third-order valence-corrected chi connectivity index (χ3v) is 12.7. The van der Waals surface area contributed by atoms with E-state index in [1.54, 1.807) is 0 Å². The number of carbonyl (C=O) groups is 2. The van der Waals surface area contributed by atoms with Crippen LogP contribution >= 0.6 is 0 Å². The molecule has 0 aromatic heterocycles. The van der Waals surface area contributed by atoms with E-state index in [2.05, 4.69) is 13.8 Å². The van der Waals surface area contributed by atoms with Gasteiger partial charge in [0.05, 0.1) is 13.2 Å². The first-order chi connectivity index (χ1) is 30.3. The number of aliphatic hydroxyl groups excluding tert-OH is 4. The maximum Gasteiger partial charge on any atom is 0.306 e. The first kappa shape index (κ1) is 58.7. The van der Waals surface area contributed by atoms with Crippen LogP contribution in [0.4, 0.5) is 0 Å². The third-order valence-electron chi connectivity index (χ3n) is 12.7. The maximum atomic E-state index is 12.8. The second-order valence-corrected chi connectivity index (χ2v) is 18.7. The summed E-state index contributed by atoms with van der Waals surface area (Å²) in [7, 11) is 0. The van der Waals surface area contributed by atoms with Crippen LogP contribution in [0.5, 0.6) is 0 Å². The standard InChI is InChI=1S/C52H100O10/c1-3-5-7-9-11-13-15-17-18-19-20-21-22-23-24-25-26-27-29-31-33-35-37-39-41-48(55)61-45(44-60-52-51(58)50(57)49(56)46(42-53)62-52)43-59-47(54)40-38-36-34-32-30-28-16-14-12-10-8-6-4-2/h45-46,49-53,56-58H,3-44H2,1-2H3. The number of unbranched alkanes of at least 4 members (excludes halogenated alkanes) is 35. The molecule has 368 valence electrons. The lowest BCUT2D eigenvalue weighted by atomic mass is 9.99. The fraction of sp³-hybridized carbons (Fsp3) is 0.962. The molecule has 1 fully saturated rings. The highest BCUT2D eigenvalue weighted by molar-refractivity contribution is 5.70. The van der Waals surface area contributed by atoms with Gasteiger partial charge in [-0.2, -0.15) is 0 Å². The van der Waals surface area contributed by atoms with Crippen molar-refractivity contribution in [3.05, 3.63) is 0 Å². The Morgan fingerprint density at radius 1 is 0.435 bits per heavy atom. The molecule has 1 aliphatic heterocycles. The number of ether oxygens (including phenoxy) is 4. The summed E-state index contributed by atoms with van der Waals surface area (Å²) in [6, 6.07) is 0. The van der Waals surface area contributed by atoms with Crippen molar-refractivity contribution in [3.8, 4) is 0 Å². The van der Waals surface area contributed by atoms with Gasteiger partial charge in [-0.15, -0.1) is 0 Å². The fourth-order valence-corrected chi connectivity index (χ4v) is 8.55. The molecule has 0 amide bonds. The molecule has 62 heavy (non-hydrogen) atoms. The van der Waals surface area contributed by atoms with Crippen LogP contribution in [-0.4, -0.2) is 89.0 Å². The SMILES string of the molecule is CCCCCCCCCCCCCCCCCCCCCCCCCCC(=O)OC(COC(=O)CCCCCCCCCCCCCCC)COC1OC(CO)C(O)C(O)C1O. The maximum absolute atomic E-state index is 12.8. The smallest absolute Gasteiger partial charge is 0.306 e. The van der Waals surface area contributed by atoms with E-state index in [1.165, 1.54) is 199 Å². The second kappa shape index (κ2) is 43.6. The Kier molecular flexibility index (Phi) is 41.3. The highest BCUT2D eigenvalue weighted by Crippen LogP contribution is 2.23.